The second kappa shape index (κ2) is 31.9. The van der Waals surface area contributed by atoms with E-state index < -0.39 is 0 Å². The quantitative estimate of drug-likeness (QED) is 0.192. The SMILES string of the molecule is CN(C(=O)C1CCCCC1)C1CCC(N(C)C(=O)C2CCCCC2)CC1.CN(C(=O)C1CCCCC1)C1CCCC(N(C)C(=O)C2CCCCC2)C1.CN(C(=O)C1CCCCC1)C1CCCCC1N(C)C(=O)C1CCCCC1. The molecule has 0 aliphatic heterocycles. The number of hydrogen-bond donors (Lipinski definition) is 0. The first-order chi connectivity index (χ1) is 37.7. The smallest absolute Gasteiger partial charge is 0.225 e. The van der Waals surface area contributed by atoms with Crippen LogP contribution < -0.4 is 0 Å². The van der Waals surface area contributed by atoms with Gasteiger partial charge in [0.05, 0.1) is 12.1 Å². The topological polar surface area (TPSA) is 122 Å². The molecule has 0 aromatic carbocycles. The van der Waals surface area contributed by atoms with E-state index in [0.29, 0.717) is 59.6 Å². The molecule has 444 valence electrons. The highest BCUT2D eigenvalue weighted by molar-refractivity contribution is 5.82. The van der Waals surface area contributed by atoms with Crippen LogP contribution in [0.15, 0.2) is 0 Å². The van der Waals surface area contributed by atoms with Crippen molar-refractivity contribution < 1.29 is 28.8 Å². The molecule has 0 aromatic heterocycles. The lowest BCUT2D eigenvalue weighted by Crippen LogP contribution is -2.56. The third-order valence-electron chi connectivity index (χ3n) is 22.0. The summed E-state index contributed by atoms with van der Waals surface area (Å²) in [7, 11) is 12.0. The summed E-state index contributed by atoms with van der Waals surface area (Å²) in [4.78, 5) is 89.7. The van der Waals surface area contributed by atoms with E-state index >= 15 is 0 Å². The first-order valence-electron chi connectivity index (χ1n) is 33.3. The fraction of sp³-hybridized carbons (Fsp3) is 0.909. The number of amides is 6. The van der Waals surface area contributed by atoms with Crippen LogP contribution in [0.5, 0.6) is 0 Å². The number of likely N-dealkylation sites (N-methyl/N-ethyl adjacent to an activating group) is 2. The number of carbonyl (C=O) groups excluding carboxylic acids is 6. The van der Waals surface area contributed by atoms with Crippen molar-refractivity contribution in [1.29, 1.82) is 0 Å². The Bertz CT molecular complexity index is 1720. The molecule has 0 radical (unpaired) electrons. The van der Waals surface area contributed by atoms with Crippen LogP contribution in [-0.4, -0.2) is 143 Å². The van der Waals surface area contributed by atoms with Crippen LogP contribution in [0.2, 0.25) is 0 Å². The van der Waals surface area contributed by atoms with Crippen LogP contribution in [0.1, 0.15) is 270 Å². The zero-order valence-electron chi connectivity index (χ0n) is 50.8. The summed E-state index contributed by atoms with van der Waals surface area (Å²) in [5.74, 6) is 3.59. The highest BCUT2D eigenvalue weighted by Crippen LogP contribution is 2.37. The molecule has 4 unspecified atom stereocenters. The number of nitrogens with zero attached hydrogens (tertiary/aromatic N) is 6. The molecule has 0 heterocycles. The summed E-state index contributed by atoms with van der Waals surface area (Å²) in [6, 6.07) is 1.78. The molecular weight excluding hydrogens is 973 g/mol. The van der Waals surface area contributed by atoms with Gasteiger partial charge in [-0.25, -0.2) is 0 Å². The summed E-state index contributed by atoms with van der Waals surface area (Å²) < 4.78 is 0. The highest BCUT2D eigenvalue weighted by Gasteiger charge is 2.40. The largest absolute Gasteiger partial charge is 0.343 e. The molecular formula is C66H114N6O6. The fourth-order valence-electron chi connectivity index (χ4n) is 16.5. The maximum atomic E-state index is 13.1. The van der Waals surface area contributed by atoms with Gasteiger partial charge in [0, 0.05) is 102 Å². The van der Waals surface area contributed by atoms with Gasteiger partial charge in [0.2, 0.25) is 35.4 Å². The minimum atomic E-state index is 0.204. The van der Waals surface area contributed by atoms with E-state index in [-0.39, 0.29) is 47.6 Å². The molecule has 0 bridgehead atoms. The molecule has 12 heteroatoms. The number of rotatable bonds is 12. The van der Waals surface area contributed by atoms with E-state index in [2.05, 4.69) is 9.80 Å². The van der Waals surface area contributed by atoms with Gasteiger partial charge in [-0.2, -0.15) is 0 Å². The zero-order chi connectivity index (χ0) is 55.6. The van der Waals surface area contributed by atoms with E-state index in [1.165, 1.54) is 128 Å². The molecule has 0 saturated heterocycles. The van der Waals surface area contributed by atoms with Gasteiger partial charge >= 0.3 is 0 Å². The van der Waals surface area contributed by atoms with Crippen LogP contribution >= 0.6 is 0 Å². The Morgan fingerprint density at radius 1 is 0.205 bits per heavy atom. The van der Waals surface area contributed by atoms with Crippen molar-refractivity contribution in [2.45, 2.75) is 306 Å². The first kappa shape index (κ1) is 62.4. The summed E-state index contributed by atoms with van der Waals surface area (Å²) in [6.07, 6.45) is 47.8. The Morgan fingerprint density at radius 2 is 0.397 bits per heavy atom. The summed E-state index contributed by atoms with van der Waals surface area (Å²) in [5, 5.41) is 0. The van der Waals surface area contributed by atoms with Gasteiger partial charge in [-0.3, -0.25) is 28.8 Å². The molecule has 9 saturated carbocycles. The molecule has 78 heavy (non-hydrogen) atoms. The second-order valence-corrected chi connectivity index (χ2v) is 27.1. The fourth-order valence-corrected chi connectivity index (χ4v) is 16.5. The van der Waals surface area contributed by atoms with Gasteiger partial charge in [-0.05, 0) is 141 Å². The Hall–Kier alpha value is -3.18. The van der Waals surface area contributed by atoms with Gasteiger partial charge in [0.25, 0.3) is 0 Å². The van der Waals surface area contributed by atoms with Crippen LogP contribution in [-0.2, 0) is 28.8 Å². The third-order valence-corrected chi connectivity index (χ3v) is 22.0. The lowest BCUT2D eigenvalue weighted by atomic mass is 9.83. The maximum Gasteiger partial charge on any atom is 0.225 e. The Balaban J connectivity index is 0.000000170. The highest BCUT2D eigenvalue weighted by atomic mass is 16.2. The van der Waals surface area contributed by atoms with Crippen molar-refractivity contribution in [2.24, 2.45) is 35.5 Å². The predicted molar refractivity (Wildman–Crippen MR) is 314 cm³/mol. The Morgan fingerprint density at radius 3 is 0.628 bits per heavy atom. The van der Waals surface area contributed by atoms with Gasteiger partial charge in [-0.15, -0.1) is 0 Å². The number of hydrogen-bond acceptors (Lipinski definition) is 6. The average molecular weight is 1090 g/mol. The van der Waals surface area contributed by atoms with E-state index in [1.807, 2.05) is 61.9 Å². The summed E-state index contributed by atoms with van der Waals surface area (Å²) in [6.45, 7) is 0. The molecule has 9 aliphatic carbocycles. The Labute approximate surface area is 475 Å². The van der Waals surface area contributed by atoms with E-state index in [0.717, 1.165) is 141 Å². The van der Waals surface area contributed by atoms with Crippen molar-refractivity contribution in [3.8, 4) is 0 Å². The normalized spacial score (nSPS) is 28.5. The van der Waals surface area contributed by atoms with Crippen molar-refractivity contribution in [1.82, 2.24) is 29.4 Å². The first-order valence-corrected chi connectivity index (χ1v) is 33.3. The molecule has 0 N–H and O–H groups in total. The molecule has 6 amide bonds. The molecule has 9 fully saturated rings. The summed E-state index contributed by atoms with van der Waals surface area (Å²) in [5.41, 5.74) is 0. The van der Waals surface area contributed by atoms with Gasteiger partial charge in [0.1, 0.15) is 0 Å². The zero-order valence-corrected chi connectivity index (χ0v) is 50.8. The van der Waals surface area contributed by atoms with Crippen molar-refractivity contribution >= 4 is 35.4 Å². The van der Waals surface area contributed by atoms with Crippen LogP contribution in [0, 0.1) is 35.5 Å². The molecule has 4 atom stereocenters. The van der Waals surface area contributed by atoms with E-state index in [9.17, 15) is 28.8 Å². The minimum absolute atomic E-state index is 0.204. The predicted octanol–water partition coefficient (Wildman–Crippen LogP) is 13.1. The van der Waals surface area contributed by atoms with Gasteiger partial charge < -0.3 is 29.4 Å². The lowest BCUT2D eigenvalue weighted by Gasteiger charge is -2.44. The third kappa shape index (κ3) is 17.2. The maximum absolute atomic E-state index is 13.1. The van der Waals surface area contributed by atoms with Crippen LogP contribution in [0.3, 0.4) is 0 Å². The van der Waals surface area contributed by atoms with E-state index in [4.69, 9.17) is 0 Å². The lowest BCUT2D eigenvalue weighted by molar-refractivity contribution is -0.145. The van der Waals surface area contributed by atoms with Crippen LogP contribution in [0.4, 0.5) is 0 Å². The van der Waals surface area contributed by atoms with Gasteiger partial charge in [-0.1, -0.05) is 128 Å². The van der Waals surface area contributed by atoms with Crippen LogP contribution in [0.25, 0.3) is 0 Å². The van der Waals surface area contributed by atoms with Crippen molar-refractivity contribution in [3.05, 3.63) is 0 Å². The summed E-state index contributed by atoms with van der Waals surface area (Å²) >= 11 is 0. The minimum Gasteiger partial charge on any atom is -0.343 e. The molecule has 0 aromatic rings. The molecule has 9 rings (SSSR count). The Kier molecular flexibility index (Phi) is 25.5. The van der Waals surface area contributed by atoms with Crippen molar-refractivity contribution in [2.75, 3.05) is 42.3 Å². The van der Waals surface area contributed by atoms with E-state index in [1.54, 1.807) is 0 Å². The van der Waals surface area contributed by atoms with Crippen molar-refractivity contribution in [3.63, 3.8) is 0 Å². The second-order valence-electron chi connectivity index (χ2n) is 27.1. The van der Waals surface area contributed by atoms with Gasteiger partial charge in [0.15, 0.2) is 0 Å². The monoisotopic (exact) mass is 1090 g/mol. The standard InChI is InChI=1S/3C22H38N2O2/c1-23(21(25)17-11-5-3-6-12-17)19-15-9-10-16-20(19)24(2)22(26)18-13-7-4-8-14-18;1-23(21(25)17-10-5-3-6-11-17)19-14-9-15-20(16-19)24(2)22(26)18-12-7-4-8-13-18;1-23(21(25)17-9-5-3-6-10-17)19-13-15-20(16-14-19)24(2)22(26)18-11-7-4-8-12-18/h3*17-20H,3-16H2,1-2H3. The molecule has 12 nitrogen and oxygen atoms in total. The molecule has 9 aliphatic rings. The molecule has 0 spiro atoms. The number of carbonyl (C=O) groups is 6. The average Bonchev–Trinajstić information content (AvgIpc) is 3.53.